The molecule has 0 radical (unpaired) electrons. The molecule has 0 amide bonds. The maximum atomic E-state index is 13.1. The normalized spacial score (nSPS) is 14.2. The number of unbranched alkanes of at least 4 members (excludes halogenated alkanes) is 39. The number of hydrogen-bond donors (Lipinski definition) is 3. The van der Waals surface area contributed by atoms with Crippen molar-refractivity contribution >= 4 is 39.5 Å². The molecule has 0 fully saturated rings. The Morgan fingerprint density at radius 3 is 0.857 bits per heavy atom. The van der Waals surface area contributed by atoms with Gasteiger partial charge in [0.25, 0.3) is 0 Å². The van der Waals surface area contributed by atoms with Crippen molar-refractivity contribution in [2.75, 3.05) is 39.6 Å². The third-order valence-electron chi connectivity index (χ3n) is 17.0. The Morgan fingerprint density at radius 2 is 0.551 bits per heavy atom. The molecule has 19 heteroatoms. The van der Waals surface area contributed by atoms with E-state index in [0.717, 1.165) is 161 Å². The van der Waals surface area contributed by atoms with Crippen LogP contribution < -0.4 is 0 Å². The predicted octanol–water partition coefficient (Wildman–Crippen LogP) is 22.7. The molecule has 0 saturated carbocycles. The fourth-order valence-electron chi connectivity index (χ4n) is 11.0. The first-order valence-electron chi connectivity index (χ1n) is 39.5. The minimum atomic E-state index is -4.97. The predicted molar refractivity (Wildman–Crippen MR) is 400 cm³/mol. The van der Waals surface area contributed by atoms with Crippen molar-refractivity contribution in [3.05, 3.63) is 60.8 Å². The van der Waals surface area contributed by atoms with Crippen molar-refractivity contribution < 1.29 is 80.2 Å². The number of rotatable bonds is 75. The molecule has 0 heterocycles. The Balaban J connectivity index is 5.30. The van der Waals surface area contributed by atoms with E-state index in [-0.39, 0.29) is 25.7 Å². The van der Waals surface area contributed by atoms with Gasteiger partial charge in [-0.05, 0) is 83.5 Å². The zero-order valence-corrected chi connectivity index (χ0v) is 64.3. The zero-order chi connectivity index (χ0) is 71.8. The molecular weight excluding hydrogens is 1280 g/mol. The first kappa shape index (κ1) is 94.8. The molecule has 0 aliphatic rings. The number of phosphoric acid groups is 2. The highest BCUT2D eigenvalue weighted by molar-refractivity contribution is 7.47. The van der Waals surface area contributed by atoms with E-state index in [9.17, 15) is 43.2 Å². The van der Waals surface area contributed by atoms with Gasteiger partial charge in [-0.3, -0.25) is 37.3 Å². The molecule has 572 valence electrons. The highest BCUT2D eigenvalue weighted by Crippen LogP contribution is 2.45. The lowest BCUT2D eigenvalue weighted by Crippen LogP contribution is -2.30. The third kappa shape index (κ3) is 71.2. The number of carbonyl (C=O) groups excluding carboxylic acids is 4. The van der Waals surface area contributed by atoms with Gasteiger partial charge in [-0.15, -0.1) is 0 Å². The lowest BCUT2D eigenvalue weighted by Gasteiger charge is -2.21. The molecule has 0 aromatic carbocycles. The fraction of sp³-hybridized carbons (Fsp3) is 0.823. The molecule has 0 aliphatic heterocycles. The second-order valence-electron chi connectivity index (χ2n) is 26.6. The molecular formula is C79H144O17P2. The average Bonchev–Trinajstić information content (AvgIpc) is 0.969. The van der Waals surface area contributed by atoms with Gasteiger partial charge in [0.1, 0.15) is 19.3 Å². The SMILES string of the molecule is CC/C=C\C/C=C\C/C=C\CCCCCCCCCC(=O)OCC(COP(=O)(O)OCC(O)COP(=O)(O)OCC(COC(=O)CCCCCCCCCCCCCCCCC)OC(=O)CCCCCCC/C=C\C/C=C\CCC)OC(=O)CCCCCCCCCCCCCCC. The van der Waals surface area contributed by atoms with Gasteiger partial charge >= 0.3 is 39.5 Å². The highest BCUT2D eigenvalue weighted by Gasteiger charge is 2.30. The second-order valence-corrected chi connectivity index (χ2v) is 29.5. The van der Waals surface area contributed by atoms with Crippen molar-refractivity contribution in [1.82, 2.24) is 0 Å². The molecule has 5 atom stereocenters. The number of carbonyl (C=O) groups is 4. The summed E-state index contributed by atoms with van der Waals surface area (Å²) in [6.07, 6.45) is 70.5. The van der Waals surface area contributed by atoms with Crippen LogP contribution in [0.3, 0.4) is 0 Å². The molecule has 17 nitrogen and oxygen atoms in total. The van der Waals surface area contributed by atoms with E-state index in [1.54, 1.807) is 0 Å². The van der Waals surface area contributed by atoms with Crippen LogP contribution in [0, 0.1) is 0 Å². The number of phosphoric ester groups is 2. The Hall–Kier alpha value is -3.24. The van der Waals surface area contributed by atoms with Gasteiger partial charge in [0, 0.05) is 25.7 Å². The largest absolute Gasteiger partial charge is 0.472 e. The monoisotopic (exact) mass is 1430 g/mol. The van der Waals surface area contributed by atoms with Crippen LogP contribution in [0.5, 0.6) is 0 Å². The summed E-state index contributed by atoms with van der Waals surface area (Å²) < 4.78 is 68.6. The van der Waals surface area contributed by atoms with E-state index in [2.05, 4.69) is 88.5 Å². The summed E-state index contributed by atoms with van der Waals surface area (Å²) in [5, 5.41) is 10.6. The van der Waals surface area contributed by atoms with Gasteiger partial charge in [-0.25, -0.2) is 9.13 Å². The van der Waals surface area contributed by atoms with Gasteiger partial charge < -0.3 is 33.8 Å². The lowest BCUT2D eigenvalue weighted by atomic mass is 10.0. The summed E-state index contributed by atoms with van der Waals surface area (Å²) in [6, 6.07) is 0. The molecule has 0 aliphatic carbocycles. The summed E-state index contributed by atoms with van der Waals surface area (Å²) >= 11 is 0. The van der Waals surface area contributed by atoms with Gasteiger partial charge in [-0.2, -0.15) is 0 Å². The Bertz CT molecular complexity index is 2100. The van der Waals surface area contributed by atoms with E-state index < -0.39 is 97.5 Å². The number of aliphatic hydroxyl groups is 1. The van der Waals surface area contributed by atoms with Crippen LogP contribution >= 0.6 is 15.6 Å². The van der Waals surface area contributed by atoms with Crippen molar-refractivity contribution in [1.29, 1.82) is 0 Å². The quantitative estimate of drug-likeness (QED) is 0.0169. The van der Waals surface area contributed by atoms with Crippen LogP contribution in [0.4, 0.5) is 0 Å². The van der Waals surface area contributed by atoms with Crippen LogP contribution in [-0.4, -0.2) is 96.7 Å². The van der Waals surface area contributed by atoms with E-state index in [4.69, 9.17) is 37.0 Å². The first-order valence-corrected chi connectivity index (χ1v) is 42.5. The summed E-state index contributed by atoms with van der Waals surface area (Å²) in [7, 11) is -9.94. The number of aliphatic hydroxyl groups excluding tert-OH is 1. The van der Waals surface area contributed by atoms with Gasteiger partial charge in [-0.1, -0.05) is 313 Å². The highest BCUT2D eigenvalue weighted by atomic mass is 31.2. The van der Waals surface area contributed by atoms with Crippen molar-refractivity contribution in [3.63, 3.8) is 0 Å². The minimum Gasteiger partial charge on any atom is -0.462 e. The number of ether oxygens (including phenoxy) is 4. The van der Waals surface area contributed by atoms with Gasteiger partial charge in [0.15, 0.2) is 12.2 Å². The Kier molecular flexibility index (Phi) is 69.7. The summed E-state index contributed by atoms with van der Waals surface area (Å²) in [4.78, 5) is 72.9. The first-order chi connectivity index (χ1) is 47.7. The molecule has 0 rings (SSSR count). The number of esters is 4. The molecule has 0 saturated heterocycles. The number of allylic oxidation sites excluding steroid dienone is 10. The maximum absolute atomic E-state index is 13.1. The Morgan fingerprint density at radius 1 is 0.296 bits per heavy atom. The molecule has 0 aromatic heterocycles. The summed E-state index contributed by atoms with van der Waals surface area (Å²) in [5.74, 6) is -2.16. The molecule has 0 bridgehead atoms. The van der Waals surface area contributed by atoms with Crippen LogP contribution in [0.25, 0.3) is 0 Å². The van der Waals surface area contributed by atoms with Gasteiger partial charge in [0.2, 0.25) is 0 Å². The van der Waals surface area contributed by atoms with E-state index >= 15 is 0 Å². The molecule has 0 aromatic rings. The zero-order valence-electron chi connectivity index (χ0n) is 62.5. The van der Waals surface area contributed by atoms with Crippen LogP contribution in [0.1, 0.15) is 362 Å². The van der Waals surface area contributed by atoms with Crippen LogP contribution in [0.15, 0.2) is 60.8 Å². The average molecular weight is 1430 g/mol. The summed E-state index contributed by atoms with van der Waals surface area (Å²) in [6.45, 7) is 4.75. The minimum absolute atomic E-state index is 0.0843. The number of hydrogen-bond acceptors (Lipinski definition) is 15. The fourth-order valence-corrected chi connectivity index (χ4v) is 12.6. The lowest BCUT2D eigenvalue weighted by molar-refractivity contribution is -0.161. The standard InChI is InChI=1S/C79H144O17P2/c1-5-9-13-17-21-25-29-33-35-36-38-42-44-48-52-56-60-64-77(82)90-70-75(96-79(84)66-62-58-54-50-46-40-32-28-24-20-16-12-8-4)72-94-98(87,88)92-68-73(80)67-91-97(85,86)93-71-74(95-78(83)65-61-57-53-49-45-39-31-27-23-19-15-11-7-3)69-89-76(81)63-59-55-51-47-43-41-37-34-30-26-22-18-14-10-6-2/h9,13,15,19,21,25,27,31,33,35,73-75,80H,5-8,10-12,14,16-18,20,22-24,26,28-30,32,34,36-72H2,1-4H3,(H,85,86)(H,87,88)/b13-9-,19-15-,25-21-,31-27-,35-33-. The Labute approximate surface area is 597 Å². The van der Waals surface area contributed by atoms with Gasteiger partial charge in [0.05, 0.1) is 26.4 Å². The van der Waals surface area contributed by atoms with Crippen molar-refractivity contribution in [3.8, 4) is 0 Å². The van der Waals surface area contributed by atoms with Crippen molar-refractivity contribution in [2.45, 2.75) is 380 Å². The molecule has 3 N–H and O–H groups in total. The van der Waals surface area contributed by atoms with Crippen molar-refractivity contribution in [2.24, 2.45) is 0 Å². The molecule has 98 heavy (non-hydrogen) atoms. The van der Waals surface area contributed by atoms with Crippen LogP contribution in [-0.2, 0) is 65.4 Å². The van der Waals surface area contributed by atoms with Crippen LogP contribution in [0.2, 0.25) is 0 Å². The third-order valence-corrected chi connectivity index (χ3v) is 18.9. The topological polar surface area (TPSA) is 237 Å². The second kappa shape index (κ2) is 72.1. The molecule has 0 spiro atoms. The van der Waals surface area contributed by atoms with E-state index in [1.165, 1.54) is 122 Å². The van der Waals surface area contributed by atoms with E-state index in [0.29, 0.717) is 25.7 Å². The maximum Gasteiger partial charge on any atom is 0.472 e. The smallest absolute Gasteiger partial charge is 0.462 e. The van der Waals surface area contributed by atoms with E-state index in [1.807, 2.05) is 0 Å². The summed E-state index contributed by atoms with van der Waals surface area (Å²) in [5.41, 5.74) is 0. The molecule has 5 unspecified atom stereocenters.